The number of hydrogen-bond acceptors (Lipinski definition) is 4. The van der Waals surface area contributed by atoms with Crippen molar-refractivity contribution < 1.29 is 4.79 Å². The first-order valence-electron chi connectivity index (χ1n) is 9.80. The molecular weight excluding hydrogens is 348 g/mol. The molecule has 0 fully saturated rings. The number of amides is 1. The maximum Gasteiger partial charge on any atom is 0.278 e. The van der Waals surface area contributed by atoms with E-state index in [-0.39, 0.29) is 5.91 Å². The quantitative estimate of drug-likeness (QED) is 0.714. The number of carbonyl (C=O) groups excluding carboxylic acids is 1. The van der Waals surface area contributed by atoms with Crippen LogP contribution < -0.4 is 10.2 Å². The number of anilines is 3. The lowest BCUT2D eigenvalue weighted by Crippen LogP contribution is -2.29. The van der Waals surface area contributed by atoms with Crippen molar-refractivity contribution in [1.82, 2.24) is 9.97 Å². The maximum atomic E-state index is 12.9. The molecule has 28 heavy (non-hydrogen) atoms. The van der Waals surface area contributed by atoms with E-state index in [0.717, 1.165) is 30.6 Å². The van der Waals surface area contributed by atoms with Crippen LogP contribution in [0.3, 0.4) is 0 Å². The summed E-state index contributed by atoms with van der Waals surface area (Å²) < 4.78 is 0. The summed E-state index contributed by atoms with van der Waals surface area (Å²) in [7, 11) is 0. The van der Waals surface area contributed by atoms with E-state index >= 15 is 0 Å². The Hall–Kier alpha value is -3.21. The number of fused-ring (bicyclic) bond motifs is 1. The number of carbonyl (C=O) groups is 1. The molecule has 0 radical (unpaired) electrons. The fraction of sp³-hybridized carbons (Fsp3) is 0.261. The van der Waals surface area contributed by atoms with Crippen LogP contribution in [0.1, 0.15) is 41.0 Å². The van der Waals surface area contributed by atoms with E-state index in [1.807, 2.05) is 18.2 Å². The zero-order valence-corrected chi connectivity index (χ0v) is 16.3. The second-order valence-corrected chi connectivity index (χ2v) is 6.91. The second kappa shape index (κ2) is 7.80. The normalized spacial score (nSPS) is 12.7. The molecule has 0 atom stereocenters. The van der Waals surface area contributed by atoms with Crippen LogP contribution in [0.15, 0.2) is 54.9 Å². The molecule has 2 aromatic carbocycles. The Morgan fingerprint density at radius 1 is 1.00 bits per heavy atom. The number of aromatic nitrogens is 2. The number of aryl methyl sites for hydroxylation is 2. The first-order valence-corrected chi connectivity index (χ1v) is 9.80. The number of para-hydroxylation sites is 2. The SMILES string of the molecule is CCc1cccc(CC)c1Nc1cnc(C(=O)N2CCc3ccccc32)cn1. The number of rotatable bonds is 5. The number of hydrogen-bond donors (Lipinski definition) is 1. The molecule has 4 rings (SSSR count). The van der Waals surface area contributed by atoms with Gasteiger partial charge in [0.15, 0.2) is 0 Å². The molecule has 5 heteroatoms. The molecule has 1 aliphatic rings. The van der Waals surface area contributed by atoms with E-state index in [1.165, 1.54) is 16.7 Å². The topological polar surface area (TPSA) is 58.1 Å². The van der Waals surface area contributed by atoms with Crippen LogP contribution in [0.2, 0.25) is 0 Å². The van der Waals surface area contributed by atoms with Crippen molar-refractivity contribution in [2.24, 2.45) is 0 Å². The molecule has 0 spiro atoms. The van der Waals surface area contributed by atoms with Crippen LogP contribution in [-0.4, -0.2) is 22.4 Å². The third-order valence-electron chi connectivity index (χ3n) is 5.26. The Balaban J connectivity index is 1.55. The molecule has 5 nitrogen and oxygen atoms in total. The first kappa shape index (κ1) is 18.2. The van der Waals surface area contributed by atoms with E-state index in [4.69, 9.17) is 0 Å². The lowest BCUT2D eigenvalue weighted by atomic mass is 10.0. The van der Waals surface area contributed by atoms with Crippen LogP contribution in [0.5, 0.6) is 0 Å². The van der Waals surface area contributed by atoms with Gasteiger partial charge < -0.3 is 10.2 Å². The van der Waals surface area contributed by atoms with E-state index < -0.39 is 0 Å². The van der Waals surface area contributed by atoms with Gasteiger partial charge in [0, 0.05) is 17.9 Å². The van der Waals surface area contributed by atoms with Gasteiger partial charge in [0.25, 0.3) is 5.91 Å². The minimum absolute atomic E-state index is 0.104. The van der Waals surface area contributed by atoms with E-state index in [9.17, 15) is 4.79 Å². The molecule has 0 aliphatic carbocycles. The molecule has 0 saturated carbocycles. The van der Waals surface area contributed by atoms with Crippen molar-refractivity contribution in [3.63, 3.8) is 0 Å². The summed E-state index contributed by atoms with van der Waals surface area (Å²) in [4.78, 5) is 23.5. The minimum atomic E-state index is -0.104. The molecule has 3 aromatic rings. The average molecular weight is 372 g/mol. The molecule has 0 unspecified atom stereocenters. The smallest absolute Gasteiger partial charge is 0.278 e. The van der Waals surface area contributed by atoms with Gasteiger partial charge in [-0.15, -0.1) is 0 Å². The molecule has 1 amide bonds. The summed E-state index contributed by atoms with van der Waals surface area (Å²) in [5.41, 5.74) is 6.12. The Kier molecular flexibility index (Phi) is 5.06. The van der Waals surface area contributed by atoms with Gasteiger partial charge in [0.1, 0.15) is 11.5 Å². The van der Waals surface area contributed by atoms with Crippen molar-refractivity contribution in [3.8, 4) is 0 Å². The highest BCUT2D eigenvalue weighted by molar-refractivity contribution is 6.05. The van der Waals surface area contributed by atoms with E-state index in [0.29, 0.717) is 18.1 Å². The van der Waals surface area contributed by atoms with Crippen LogP contribution in [0, 0.1) is 0 Å². The highest BCUT2D eigenvalue weighted by atomic mass is 16.2. The third-order valence-corrected chi connectivity index (χ3v) is 5.26. The summed E-state index contributed by atoms with van der Waals surface area (Å²) in [6.07, 6.45) is 5.96. The van der Waals surface area contributed by atoms with Crippen molar-refractivity contribution in [2.45, 2.75) is 33.1 Å². The summed E-state index contributed by atoms with van der Waals surface area (Å²) in [6.45, 7) is 4.96. The van der Waals surface area contributed by atoms with Gasteiger partial charge in [-0.2, -0.15) is 0 Å². The Morgan fingerprint density at radius 2 is 1.75 bits per heavy atom. The Labute approximate surface area is 165 Å². The van der Waals surface area contributed by atoms with Gasteiger partial charge in [0.05, 0.1) is 12.4 Å². The largest absolute Gasteiger partial charge is 0.338 e. The molecule has 0 bridgehead atoms. The Bertz CT molecular complexity index is 975. The summed E-state index contributed by atoms with van der Waals surface area (Å²) in [5, 5.41) is 3.40. The fourth-order valence-electron chi connectivity index (χ4n) is 3.72. The van der Waals surface area contributed by atoms with Crippen LogP contribution >= 0.6 is 0 Å². The predicted octanol–water partition coefficient (Wildman–Crippen LogP) is 4.55. The van der Waals surface area contributed by atoms with Crippen LogP contribution in [0.25, 0.3) is 0 Å². The molecule has 2 heterocycles. The first-order chi connectivity index (χ1) is 13.7. The summed E-state index contributed by atoms with van der Waals surface area (Å²) in [6, 6.07) is 14.3. The highest BCUT2D eigenvalue weighted by Gasteiger charge is 2.26. The standard InChI is InChI=1S/C23H24N4O/c1-3-16-9-7-10-17(4-2)22(16)26-21-15-24-19(14-25-21)23(28)27-13-12-18-8-5-6-11-20(18)27/h5-11,14-15H,3-4,12-13H2,1-2H3,(H,25,26). The van der Waals surface area contributed by atoms with E-state index in [2.05, 4.69) is 53.4 Å². The van der Waals surface area contributed by atoms with Crippen molar-refractivity contribution in [3.05, 3.63) is 77.2 Å². The fourth-order valence-corrected chi connectivity index (χ4v) is 3.72. The van der Waals surface area contributed by atoms with Crippen molar-refractivity contribution >= 4 is 23.1 Å². The minimum Gasteiger partial charge on any atom is -0.338 e. The number of nitrogens with one attached hydrogen (secondary N) is 1. The zero-order valence-electron chi connectivity index (χ0n) is 16.3. The molecule has 142 valence electrons. The number of benzene rings is 2. The molecule has 1 N–H and O–H groups in total. The highest BCUT2D eigenvalue weighted by Crippen LogP contribution is 2.29. The van der Waals surface area contributed by atoms with Crippen LogP contribution in [0.4, 0.5) is 17.2 Å². The third kappa shape index (κ3) is 3.36. The molecule has 1 aliphatic heterocycles. The van der Waals surface area contributed by atoms with Crippen LogP contribution in [-0.2, 0) is 19.3 Å². The van der Waals surface area contributed by atoms with Crippen molar-refractivity contribution in [2.75, 3.05) is 16.8 Å². The van der Waals surface area contributed by atoms with Gasteiger partial charge >= 0.3 is 0 Å². The van der Waals surface area contributed by atoms with Gasteiger partial charge in [-0.05, 0) is 42.0 Å². The summed E-state index contributed by atoms with van der Waals surface area (Å²) in [5.74, 6) is 0.543. The Morgan fingerprint density at radius 3 is 2.43 bits per heavy atom. The van der Waals surface area contributed by atoms with Gasteiger partial charge in [-0.1, -0.05) is 50.2 Å². The maximum absolute atomic E-state index is 12.9. The lowest BCUT2D eigenvalue weighted by Gasteiger charge is -2.17. The number of nitrogens with zero attached hydrogens (tertiary/aromatic N) is 3. The predicted molar refractivity (Wildman–Crippen MR) is 112 cm³/mol. The lowest BCUT2D eigenvalue weighted by molar-refractivity contribution is 0.0984. The monoisotopic (exact) mass is 372 g/mol. The van der Waals surface area contributed by atoms with Gasteiger partial charge in [-0.3, -0.25) is 4.79 Å². The van der Waals surface area contributed by atoms with Gasteiger partial charge in [-0.25, -0.2) is 9.97 Å². The van der Waals surface area contributed by atoms with Crippen molar-refractivity contribution in [1.29, 1.82) is 0 Å². The summed E-state index contributed by atoms with van der Waals surface area (Å²) >= 11 is 0. The molecule has 0 saturated heterocycles. The van der Waals surface area contributed by atoms with E-state index in [1.54, 1.807) is 17.3 Å². The molecule has 1 aromatic heterocycles. The average Bonchev–Trinajstić information content (AvgIpc) is 3.18. The molecular formula is C23H24N4O. The van der Waals surface area contributed by atoms with Gasteiger partial charge in [0.2, 0.25) is 0 Å². The zero-order chi connectivity index (χ0) is 19.5. The second-order valence-electron chi connectivity index (χ2n) is 6.91.